The number of carbonyl (C=O) groups is 1. The molecule has 1 heterocycles. The van der Waals surface area contributed by atoms with E-state index in [0.29, 0.717) is 18.7 Å². The van der Waals surface area contributed by atoms with Gasteiger partial charge in [0.05, 0.1) is 10.6 Å². The van der Waals surface area contributed by atoms with E-state index in [2.05, 4.69) is 9.46 Å². The molecule has 156 valence electrons. The van der Waals surface area contributed by atoms with E-state index in [0.717, 1.165) is 18.6 Å². The molecule has 0 aromatic heterocycles. The number of ether oxygens (including phenoxy) is 1. The molecule has 1 saturated heterocycles. The molecule has 3 rings (SSSR count). The van der Waals surface area contributed by atoms with Crippen molar-refractivity contribution in [2.45, 2.75) is 23.9 Å². The number of carbonyl (C=O) groups excluding carboxylic acids is 1. The van der Waals surface area contributed by atoms with Crippen LogP contribution < -0.4 is 14.4 Å². The fourth-order valence-electron chi connectivity index (χ4n) is 2.80. The molecule has 29 heavy (non-hydrogen) atoms. The molecule has 0 unspecified atom stereocenters. The van der Waals surface area contributed by atoms with Crippen LogP contribution in [0.25, 0.3) is 0 Å². The maximum absolute atomic E-state index is 12.7. The Morgan fingerprint density at radius 2 is 1.83 bits per heavy atom. The van der Waals surface area contributed by atoms with Crippen LogP contribution in [0, 0.1) is 0 Å². The van der Waals surface area contributed by atoms with Crippen LogP contribution in [0.2, 0.25) is 5.02 Å². The van der Waals surface area contributed by atoms with Crippen LogP contribution in [-0.2, 0) is 14.8 Å². The van der Waals surface area contributed by atoms with Gasteiger partial charge >= 0.3 is 6.18 Å². The lowest BCUT2D eigenvalue weighted by atomic mass is 10.3. The highest BCUT2D eigenvalue weighted by Crippen LogP contribution is 2.32. The minimum absolute atomic E-state index is 0.0379. The third-order valence-corrected chi connectivity index (χ3v) is 5.73. The average molecular weight is 449 g/mol. The Kier molecular flexibility index (Phi) is 5.95. The monoisotopic (exact) mass is 448 g/mol. The fourth-order valence-corrected chi connectivity index (χ4v) is 4.03. The second-order valence-electron chi connectivity index (χ2n) is 6.29. The van der Waals surface area contributed by atoms with Crippen molar-refractivity contribution in [1.29, 1.82) is 0 Å². The van der Waals surface area contributed by atoms with Gasteiger partial charge in [-0.25, -0.2) is 8.42 Å². The van der Waals surface area contributed by atoms with E-state index in [9.17, 15) is 26.4 Å². The second-order valence-corrected chi connectivity index (χ2v) is 8.41. The summed E-state index contributed by atoms with van der Waals surface area (Å²) in [6, 6.07) is 9.20. The summed E-state index contributed by atoms with van der Waals surface area (Å²) in [5.74, 6) is -0.348. The predicted molar refractivity (Wildman–Crippen MR) is 102 cm³/mol. The summed E-state index contributed by atoms with van der Waals surface area (Å²) < 4.78 is 69.5. The van der Waals surface area contributed by atoms with Crippen molar-refractivity contribution in [3.8, 4) is 5.75 Å². The van der Waals surface area contributed by atoms with Crippen molar-refractivity contribution in [3.05, 3.63) is 47.5 Å². The molecule has 1 N–H and O–H groups in total. The van der Waals surface area contributed by atoms with Crippen LogP contribution >= 0.6 is 11.6 Å². The quantitative estimate of drug-likeness (QED) is 0.718. The Labute approximate surface area is 170 Å². The first-order valence-electron chi connectivity index (χ1n) is 8.47. The van der Waals surface area contributed by atoms with E-state index >= 15 is 0 Å². The molecule has 1 aliphatic rings. The molecule has 2 aromatic rings. The van der Waals surface area contributed by atoms with Crippen molar-refractivity contribution in [2.75, 3.05) is 22.8 Å². The number of nitrogens with one attached hydrogen (secondary N) is 1. The number of anilines is 2. The summed E-state index contributed by atoms with van der Waals surface area (Å²) in [6.45, 7) is -1.02. The lowest BCUT2D eigenvalue weighted by Gasteiger charge is -2.17. The number of nitrogens with zero attached hydrogens (tertiary/aromatic N) is 1. The standard InChI is InChI=1S/C18H16ClF3N2O4S/c19-12-3-8-16(28-11-18(20,21)22)15(10-12)23-29(26,27)14-6-4-13(5-7-14)24-9-1-2-17(24)25/h3-8,10,23H,1-2,9,11H2. The van der Waals surface area contributed by atoms with Gasteiger partial charge in [-0.05, 0) is 48.9 Å². The largest absolute Gasteiger partial charge is 0.482 e. The Bertz CT molecular complexity index is 1010. The highest BCUT2D eigenvalue weighted by molar-refractivity contribution is 7.92. The lowest BCUT2D eigenvalue weighted by molar-refractivity contribution is -0.153. The summed E-state index contributed by atoms with van der Waals surface area (Å²) in [6.07, 6.45) is -3.41. The van der Waals surface area contributed by atoms with Gasteiger partial charge in [-0.15, -0.1) is 0 Å². The molecular formula is C18H16ClF3N2O4S. The summed E-state index contributed by atoms with van der Waals surface area (Å²) in [5.41, 5.74) is 0.351. The maximum atomic E-state index is 12.7. The van der Waals surface area contributed by atoms with E-state index in [1.807, 2.05) is 0 Å². The topological polar surface area (TPSA) is 75.7 Å². The van der Waals surface area contributed by atoms with E-state index in [-0.39, 0.29) is 27.3 Å². The summed E-state index contributed by atoms with van der Waals surface area (Å²) >= 11 is 5.84. The Morgan fingerprint density at radius 1 is 1.14 bits per heavy atom. The van der Waals surface area contributed by atoms with E-state index < -0.39 is 22.8 Å². The van der Waals surface area contributed by atoms with Crippen molar-refractivity contribution >= 4 is 38.9 Å². The van der Waals surface area contributed by atoms with Gasteiger partial charge in [0.25, 0.3) is 10.0 Å². The van der Waals surface area contributed by atoms with Gasteiger partial charge in [0, 0.05) is 23.7 Å². The highest BCUT2D eigenvalue weighted by atomic mass is 35.5. The van der Waals surface area contributed by atoms with Gasteiger partial charge < -0.3 is 9.64 Å². The van der Waals surface area contributed by atoms with Crippen LogP contribution in [0.3, 0.4) is 0 Å². The SMILES string of the molecule is O=C1CCCN1c1ccc(S(=O)(=O)Nc2cc(Cl)ccc2OCC(F)(F)F)cc1. The molecule has 11 heteroatoms. The minimum atomic E-state index is -4.58. The smallest absolute Gasteiger partial charge is 0.422 e. The van der Waals surface area contributed by atoms with Crippen LogP contribution in [0.4, 0.5) is 24.5 Å². The maximum Gasteiger partial charge on any atom is 0.422 e. The zero-order valence-corrected chi connectivity index (χ0v) is 16.4. The first-order valence-corrected chi connectivity index (χ1v) is 10.3. The average Bonchev–Trinajstić information content (AvgIpc) is 3.06. The van der Waals surface area contributed by atoms with Gasteiger partial charge in [-0.2, -0.15) is 13.2 Å². The molecule has 1 amide bonds. The number of sulfonamides is 1. The predicted octanol–water partition coefficient (Wildman–Crippen LogP) is 4.21. The van der Waals surface area contributed by atoms with Crippen LogP contribution in [0.5, 0.6) is 5.75 Å². The van der Waals surface area contributed by atoms with Crippen LogP contribution in [0.15, 0.2) is 47.4 Å². The summed E-state index contributed by atoms with van der Waals surface area (Å²) in [7, 11) is -4.13. The van der Waals surface area contributed by atoms with Gasteiger partial charge in [-0.1, -0.05) is 11.6 Å². The summed E-state index contributed by atoms with van der Waals surface area (Å²) in [4.78, 5) is 13.2. The first-order chi connectivity index (χ1) is 13.5. The minimum Gasteiger partial charge on any atom is -0.482 e. The molecule has 0 radical (unpaired) electrons. The zero-order chi connectivity index (χ0) is 21.2. The number of benzene rings is 2. The summed E-state index contributed by atoms with van der Waals surface area (Å²) in [5, 5.41) is 0.116. The Hall–Kier alpha value is -2.46. The normalized spacial score (nSPS) is 14.9. The lowest BCUT2D eigenvalue weighted by Crippen LogP contribution is -2.23. The number of hydrogen-bond acceptors (Lipinski definition) is 4. The molecule has 2 aromatic carbocycles. The highest BCUT2D eigenvalue weighted by Gasteiger charge is 2.29. The molecule has 6 nitrogen and oxygen atoms in total. The third-order valence-electron chi connectivity index (χ3n) is 4.11. The molecule has 0 bridgehead atoms. The van der Waals surface area contributed by atoms with Crippen molar-refractivity contribution in [2.24, 2.45) is 0 Å². The van der Waals surface area contributed by atoms with Gasteiger partial charge in [0.1, 0.15) is 5.75 Å². The molecule has 1 fully saturated rings. The zero-order valence-electron chi connectivity index (χ0n) is 14.9. The molecule has 0 atom stereocenters. The van der Waals surface area contributed by atoms with Crippen molar-refractivity contribution in [3.63, 3.8) is 0 Å². The van der Waals surface area contributed by atoms with Crippen molar-refractivity contribution < 1.29 is 31.1 Å². The number of alkyl halides is 3. The molecule has 0 saturated carbocycles. The Morgan fingerprint density at radius 3 is 2.41 bits per heavy atom. The molecule has 0 spiro atoms. The van der Waals surface area contributed by atoms with Crippen LogP contribution in [-0.4, -0.2) is 33.7 Å². The van der Waals surface area contributed by atoms with Gasteiger partial charge in [0.2, 0.25) is 5.91 Å². The van der Waals surface area contributed by atoms with Gasteiger partial charge in [-0.3, -0.25) is 9.52 Å². The molecule has 1 aliphatic heterocycles. The van der Waals surface area contributed by atoms with E-state index in [4.69, 9.17) is 11.6 Å². The number of amides is 1. The fraction of sp³-hybridized carbons (Fsp3) is 0.278. The third kappa shape index (κ3) is 5.33. The second kappa shape index (κ2) is 8.11. The van der Waals surface area contributed by atoms with Crippen LogP contribution in [0.1, 0.15) is 12.8 Å². The Balaban J connectivity index is 1.82. The van der Waals surface area contributed by atoms with Crippen molar-refractivity contribution in [1.82, 2.24) is 0 Å². The number of halogens is 4. The van der Waals surface area contributed by atoms with E-state index in [1.54, 1.807) is 4.90 Å². The van der Waals surface area contributed by atoms with Gasteiger partial charge in [0.15, 0.2) is 6.61 Å². The number of rotatable bonds is 6. The first kappa shape index (κ1) is 21.3. The van der Waals surface area contributed by atoms with E-state index in [1.165, 1.54) is 30.3 Å². The molecular weight excluding hydrogens is 433 g/mol. The molecule has 0 aliphatic carbocycles. The number of hydrogen-bond donors (Lipinski definition) is 1.